The molecule has 4 rings (SSSR count). The second-order valence-corrected chi connectivity index (χ2v) is 4.56. The molecular formula is C17H16N2O. The highest BCUT2D eigenvalue weighted by molar-refractivity contribution is 6.11. The highest BCUT2D eigenvalue weighted by atomic mass is 16.1. The summed E-state index contributed by atoms with van der Waals surface area (Å²) in [5, 5.41) is 8.51. The Morgan fingerprint density at radius 1 is 1.00 bits per heavy atom. The van der Waals surface area contributed by atoms with E-state index in [1.807, 2.05) is 56.3 Å². The van der Waals surface area contributed by atoms with Gasteiger partial charge < -0.3 is 0 Å². The van der Waals surface area contributed by atoms with Gasteiger partial charge in [-0.3, -0.25) is 9.89 Å². The smallest absolute Gasteiger partial charge is 0.167 e. The first-order chi connectivity index (χ1) is 9.84. The first-order valence-corrected chi connectivity index (χ1v) is 6.93. The summed E-state index contributed by atoms with van der Waals surface area (Å²) in [6.07, 6.45) is 0.445. The van der Waals surface area contributed by atoms with Gasteiger partial charge in [-0.05, 0) is 11.6 Å². The van der Waals surface area contributed by atoms with E-state index in [2.05, 4.69) is 10.2 Å². The van der Waals surface area contributed by atoms with Crippen LogP contribution >= 0.6 is 0 Å². The SMILES string of the molecule is CC.O=C1Cc2cccc3[nH]nc(c23)-c2ccccc21. The molecule has 0 aliphatic heterocycles. The van der Waals surface area contributed by atoms with E-state index >= 15 is 0 Å². The number of hydrogen-bond donors (Lipinski definition) is 1. The lowest BCUT2D eigenvalue weighted by Gasteiger charge is -2.02. The van der Waals surface area contributed by atoms with Crippen molar-refractivity contribution in [3.05, 3.63) is 53.6 Å². The number of ketones is 1. The maximum absolute atomic E-state index is 12.3. The molecule has 0 saturated heterocycles. The number of nitrogens with one attached hydrogen (secondary N) is 1. The fourth-order valence-corrected chi connectivity index (χ4v) is 2.69. The molecule has 3 aromatic rings. The Hall–Kier alpha value is -2.42. The molecule has 20 heavy (non-hydrogen) atoms. The molecule has 3 nitrogen and oxygen atoms in total. The maximum Gasteiger partial charge on any atom is 0.167 e. The summed E-state index contributed by atoms with van der Waals surface area (Å²) in [7, 11) is 0. The number of nitrogens with zero attached hydrogens (tertiary/aromatic N) is 1. The van der Waals surface area contributed by atoms with Crippen molar-refractivity contribution in [2.75, 3.05) is 0 Å². The Bertz CT molecular complexity index is 787. The standard InChI is InChI=1S/C15H10N2O.C2H6/c18-13-8-9-4-3-7-12-14(9)15(17-16-12)11-6-2-1-5-10(11)13;1-2/h1-7H,8H2,(H,16,17);1-2H3. The van der Waals surface area contributed by atoms with E-state index in [9.17, 15) is 4.79 Å². The highest BCUT2D eigenvalue weighted by Crippen LogP contribution is 2.35. The van der Waals surface area contributed by atoms with E-state index in [0.717, 1.165) is 33.3 Å². The van der Waals surface area contributed by atoms with Crippen LogP contribution in [0.15, 0.2) is 42.5 Å². The molecule has 1 aromatic heterocycles. The van der Waals surface area contributed by atoms with Crippen molar-refractivity contribution in [1.82, 2.24) is 10.2 Å². The van der Waals surface area contributed by atoms with Gasteiger partial charge in [0.2, 0.25) is 0 Å². The average molecular weight is 264 g/mol. The van der Waals surface area contributed by atoms with E-state index in [0.29, 0.717) is 6.42 Å². The van der Waals surface area contributed by atoms with Gasteiger partial charge in [-0.1, -0.05) is 50.2 Å². The lowest BCUT2D eigenvalue weighted by Crippen LogP contribution is -2.03. The number of Topliss-reactive ketones (excluding diaryl/α,β-unsaturated/α-hetero) is 1. The Balaban J connectivity index is 0.000000581. The largest absolute Gasteiger partial charge is 0.294 e. The van der Waals surface area contributed by atoms with Crippen molar-refractivity contribution in [2.45, 2.75) is 20.3 Å². The van der Waals surface area contributed by atoms with Crippen molar-refractivity contribution in [2.24, 2.45) is 0 Å². The summed E-state index contributed by atoms with van der Waals surface area (Å²) in [5.41, 5.74) is 4.63. The zero-order valence-corrected chi connectivity index (χ0v) is 11.6. The molecule has 0 unspecified atom stereocenters. The van der Waals surface area contributed by atoms with Crippen molar-refractivity contribution >= 4 is 16.7 Å². The number of aromatic nitrogens is 2. The fourth-order valence-electron chi connectivity index (χ4n) is 2.69. The zero-order valence-electron chi connectivity index (χ0n) is 11.6. The third-order valence-corrected chi connectivity index (χ3v) is 3.51. The molecule has 100 valence electrons. The minimum absolute atomic E-state index is 0.163. The molecule has 3 heteroatoms. The molecule has 2 aromatic carbocycles. The number of hydrogen-bond acceptors (Lipinski definition) is 2. The molecule has 1 aliphatic carbocycles. The zero-order chi connectivity index (χ0) is 14.1. The van der Waals surface area contributed by atoms with Gasteiger partial charge in [0.05, 0.1) is 5.52 Å². The Kier molecular flexibility index (Phi) is 3.11. The van der Waals surface area contributed by atoms with Crippen LogP contribution in [0.2, 0.25) is 0 Å². The van der Waals surface area contributed by atoms with Crippen molar-refractivity contribution < 1.29 is 4.79 Å². The number of carbonyl (C=O) groups excluding carboxylic acids is 1. The first-order valence-electron chi connectivity index (χ1n) is 6.93. The summed E-state index contributed by atoms with van der Waals surface area (Å²) in [6.45, 7) is 4.00. The molecule has 0 bridgehead atoms. The number of rotatable bonds is 0. The second-order valence-electron chi connectivity index (χ2n) is 4.56. The molecule has 0 atom stereocenters. The number of fused-ring (bicyclic) bond motifs is 2. The van der Waals surface area contributed by atoms with Gasteiger partial charge >= 0.3 is 0 Å². The van der Waals surface area contributed by atoms with Crippen LogP contribution in [0.4, 0.5) is 0 Å². The van der Waals surface area contributed by atoms with E-state index < -0.39 is 0 Å². The van der Waals surface area contributed by atoms with Gasteiger partial charge in [0, 0.05) is 22.9 Å². The monoisotopic (exact) mass is 264 g/mol. The molecule has 0 amide bonds. The molecular weight excluding hydrogens is 248 g/mol. The topological polar surface area (TPSA) is 45.8 Å². The molecule has 1 heterocycles. The Labute approximate surface area is 117 Å². The van der Waals surface area contributed by atoms with Crippen LogP contribution in [0, 0.1) is 0 Å². The van der Waals surface area contributed by atoms with Crippen LogP contribution in [0.1, 0.15) is 29.8 Å². The van der Waals surface area contributed by atoms with Gasteiger partial charge in [0.1, 0.15) is 5.69 Å². The van der Waals surface area contributed by atoms with Gasteiger partial charge in [-0.2, -0.15) is 5.10 Å². The number of H-pyrrole nitrogens is 1. The van der Waals surface area contributed by atoms with Crippen molar-refractivity contribution in [3.63, 3.8) is 0 Å². The third-order valence-electron chi connectivity index (χ3n) is 3.51. The summed E-state index contributed by atoms with van der Waals surface area (Å²) in [4.78, 5) is 12.3. The van der Waals surface area contributed by atoms with Gasteiger partial charge in [-0.15, -0.1) is 0 Å². The van der Waals surface area contributed by atoms with Crippen molar-refractivity contribution in [3.8, 4) is 11.3 Å². The summed E-state index contributed by atoms with van der Waals surface area (Å²) in [6, 6.07) is 13.6. The van der Waals surface area contributed by atoms with Crippen molar-refractivity contribution in [1.29, 1.82) is 0 Å². The summed E-state index contributed by atoms with van der Waals surface area (Å²) < 4.78 is 0. The normalized spacial score (nSPS) is 12.4. The van der Waals surface area contributed by atoms with E-state index in [1.165, 1.54) is 0 Å². The van der Waals surface area contributed by atoms with Crippen LogP contribution in [0.5, 0.6) is 0 Å². The molecule has 0 radical (unpaired) electrons. The van der Waals surface area contributed by atoms with Gasteiger partial charge in [0.15, 0.2) is 5.78 Å². The lowest BCUT2D eigenvalue weighted by molar-refractivity contribution is 0.0994. The highest BCUT2D eigenvalue weighted by Gasteiger charge is 2.23. The van der Waals surface area contributed by atoms with E-state index in [1.54, 1.807) is 0 Å². The number of benzene rings is 2. The molecule has 0 spiro atoms. The number of carbonyl (C=O) groups is 1. The minimum atomic E-state index is 0.163. The summed E-state index contributed by atoms with van der Waals surface area (Å²) in [5.74, 6) is 0.163. The minimum Gasteiger partial charge on any atom is -0.294 e. The van der Waals surface area contributed by atoms with Crippen LogP contribution in [-0.4, -0.2) is 16.0 Å². The Morgan fingerprint density at radius 3 is 2.55 bits per heavy atom. The Morgan fingerprint density at radius 2 is 1.75 bits per heavy atom. The third kappa shape index (κ3) is 1.74. The lowest BCUT2D eigenvalue weighted by atomic mass is 10.0. The van der Waals surface area contributed by atoms with Crippen LogP contribution in [-0.2, 0) is 6.42 Å². The van der Waals surface area contributed by atoms with Gasteiger partial charge in [0.25, 0.3) is 0 Å². The van der Waals surface area contributed by atoms with Crippen LogP contribution < -0.4 is 0 Å². The number of aromatic amines is 1. The predicted molar refractivity (Wildman–Crippen MR) is 80.9 cm³/mol. The predicted octanol–water partition coefficient (Wildman–Crippen LogP) is 3.99. The molecule has 0 saturated carbocycles. The first kappa shape index (κ1) is 12.6. The molecule has 1 aliphatic rings. The van der Waals surface area contributed by atoms with E-state index in [4.69, 9.17) is 0 Å². The fraction of sp³-hybridized carbons (Fsp3) is 0.176. The molecule has 1 N–H and O–H groups in total. The quantitative estimate of drug-likeness (QED) is 0.667. The maximum atomic E-state index is 12.3. The second kappa shape index (κ2) is 4.93. The molecule has 0 fully saturated rings. The van der Waals surface area contributed by atoms with E-state index in [-0.39, 0.29) is 5.78 Å². The van der Waals surface area contributed by atoms with Crippen LogP contribution in [0.25, 0.3) is 22.2 Å². The summed E-state index contributed by atoms with van der Waals surface area (Å²) >= 11 is 0. The average Bonchev–Trinajstić information content (AvgIpc) is 2.89. The van der Waals surface area contributed by atoms with Gasteiger partial charge in [-0.25, -0.2) is 0 Å². The van der Waals surface area contributed by atoms with Crippen LogP contribution in [0.3, 0.4) is 0 Å².